The smallest absolute Gasteiger partial charge is 0.277 e. The zero-order valence-corrected chi connectivity index (χ0v) is 15.3. The summed E-state index contributed by atoms with van der Waals surface area (Å²) in [5, 5.41) is 11.7. The lowest BCUT2D eigenvalue weighted by molar-refractivity contribution is -0.120. The molecule has 1 atom stereocenters. The van der Waals surface area contributed by atoms with Gasteiger partial charge in [0.15, 0.2) is 0 Å². The van der Waals surface area contributed by atoms with Gasteiger partial charge in [-0.25, -0.2) is 0 Å². The Morgan fingerprint density at radius 2 is 1.96 bits per heavy atom. The Hall–Kier alpha value is -2.31. The predicted molar refractivity (Wildman–Crippen MR) is 101 cm³/mol. The van der Waals surface area contributed by atoms with Crippen LogP contribution >= 0.6 is 23.4 Å². The number of nitrogens with one attached hydrogen (secondary N) is 1. The average Bonchev–Trinajstić information content (AvgIpc) is 3.34. The van der Waals surface area contributed by atoms with Gasteiger partial charge < -0.3 is 9.73 Å². The number of benzene rings is 2. The van der Waals surface area contributed by atoms with Gasteiger partial charge in [-0.2, -0.15) is 0 Å². The van der Waals surface area contributed by atoms with E-state index in [0.29, 0.717) is 22.2 Å². The maximum atomic E-state index is 12.7. The van der Waals surface area contributed by atoms with Crippen molar-refractivity contribution in [3.05, 3.63) is 65.2 Å². The molecule has 0 bridgehead atoms. The summed E-state index contributed by atoms with van der Waals surface area (Å²) in [6, 6.07) is 17.1. The van der Waals surface area contributed by atoms with E-state index in [4.69, 9.17) is 16.0 Å². The van der Waals surface area contributed by atoms with E-state index in [1.807, 2.05) is 42.5 Å². The van der Waals surface area contributed by atoms with E-state index >= 15 is 0 Å². The third-order valence-corrected chi connectivity index (χ3v) is 5.28. The highest BCUT2D eigenvalue weighted by Crippen LogP contribution is 2.36. The van der Waals surface area contributed by atoms with Crippen molar-refractivity contribution in [2.75, 3.05) is 0 Å². The fourth-order valence-corrected chi connectivity index (χ4v) is 3.58. The molecule has 7 heteroatoms. The van der Waals surface area contributed by atoms with Crippen LogP contribution in [0.2, 0.25) is 5.02 Å². The molecule has 26 heavy (non-hydrogen) atoms. The first kappa shape index (κ1) is 17.1. The maximum absolute atomic E-state index is 12.7. The molecule has 3 aromatic rings. The Morgan fingerprint density at radius 1 is 1.15 bits per heavy atom. The summed E-state index contributed by atoms with van der Waals surface area (Å²) in [5.41, 5.74) is 1.65. The molecule has 1 aliphatic carbocycles. The third kappa shape index (κ3) is 4.08. The lowest BCUT2D eigenvalue weighted by Crippen LogP contribution is -2.29. The van der Waals surface area contributed by atoms with Crippen LogP contribution in [-0.2, 0) is 4.79 Å². The van der Waals surface area contributed by atoms with Crippen LogP contribution in [0.5, 0.6) is 0 Å². The highest BCUT2D eigenvalue weighted by atomic mass is 35.5. The van der Waals surface area contributed by atoms with Gasteiger partial charge in [0.2, 0.25) is 11.8 Å². The number of hydrogen-bond donors (Lipinski definition) is 1. The maximum Gasteiger partial charge on any atom is 0.277 e. The molecule has 1 aromatic heterocycles. The van der Waals surface area contributed by atoms with E-state index in [2.05, 4.69) is 15.5 Å². The standard InChI is InChI=1S/C19H16ClN3O2S/c20-14-8-4-7-13(11-14)18-22-23-19(25-18)26-16(12-5-2-1-3-6-12)17(24)21-15-9-10-15/h1-8,11,15-16H,9-10H2,(H,21,24)/t16-/m0/s1. The minimum Gasteiger partial charge on any atom is -0.411 e. The number of thioether (sulfide) groups is 1. The molecule has 4 rings (SSSR count). The molecule has 5 nitrogen and oxygen atoms in total. The molecule has 1 fully saturated rings. The second kappa shape index (κ2) is 7.51. The number of nitrogens with zero attached hydrogens (tertiary/aromatic N) is 2. The second-order valence-electron chi connectivity index (χ2n) is 6.07. The fourth-order valence-electron chi connectivity index (χ4n) is 2.50. The summed E-state index contributed by atoms with van der Waals surface area (Å²) < 4.78 is 5.75. The van der Waals surface area contributed by atoms with Gasteiger partial charge in [0.1, 0.15) is 5.25 Å². The Bertz CT molecular complexity index is 912. The molecule has 1 N–H and O–H groups in total. The lowest BCUT2D eigenvalue weighted by Gasteiger charge is -2.14. The summed E-state index contributed by atoms with van der Waals surface area (Å²) in [6.07, 6.45) is 2.08. The van der Waals surface area contributed by atoms with Crippen molar-refractivity contribution in [1.29, 1.82) is 0 Å². The highest BCUT2D eigenvalue weighted by Gasteiger charge is 2.30. The molecule has 0 aliphatic heterocycles. The SMILES string of the molecule is O=C(NC1CC1)[C@@H](Sc1nnc(-c2cccc(Cl)c2)o1)c1ccccc1. The van der Waals surface area contributed by atoms with Crippen molar-refractivity contribution < 1.29 is 9.21 Å². The first-order valence-electron chi connectivity index (χ1n) is 8.30. The quantitative estimate of drug-likeness (QED) is 0.632. The molecule has 0 radical (unpaired) electrons. The Kier molecular flexibility index (Phi) is 4.95. The van der Waals surface area contributed by atoms with Gasteiger partial charge in [-0.1, -0.05) is 48.0 Å². The number of halogens is 1. The van der Waals surface area contributed by atoms with Crippen molar-refractivity contribution in [2.24, 2.45) is 0 Å². The van der Waals surface area contributed by atoms with Gasteiger partial charge in [0, 0.05) is 16.6 Å². The van der Waals surface area contributed by atoms with Crippen LogP contribution in [0.4, 0.5) is 0 Å². The second-order valence-corrected chi connectivity index (χ2v) is 7.57. The lowest BCUT2D eigenvalue weighted by atomic mass is 10.1. The first-order valence-corrected chi connectivity index (χ1v) is 9.56. The van der Waals surface area contributed by atoms with Crippen LogP contribution in [0.15, 0.2) is 64.2 Å². The van der Waals surface area contributed by atoms with Crippen molar-refractivity contribution >= 4 is 29.3 Å². The Labute approximate surface area is 160 Å². The highest BCUT2D eigenvalue weighted by molar-refractivity contribution is 8.00. The molecule has 1 heterocycles. The third-order valence-electron chi connectivity index (χ3n) is 3.96. The number of amides is 1. The minimum atomic E-state index is -0.440. The Balaban J connectivity index is 1.56. The molecule has 0 unspecified atom stereocenters. The minimum absolute atomic E-state index is 0.0359. The molecule has 1 aliphatic rings. The number of hydrogen-bond acceptors (Lipinski definition) is 5. The van der Waals surface area contributed by atoms with Gasteiger partial charge in [-0.15, -0.1) is 10.2 Å². The van der Waals surface area contributed by atoms with Crippen LogP contribution in [-0.4, -0.2) is 22.1 Å². The van der Waals surface area contributed by atoms with Gasteiger partial charge in [-0.3, -0.25) is 4.79 Å². The molecule has 0 spiro atoms. The first-order chi connectivity index (χ1) is 12.7. The topological polar surface area (TPSA) is 68.0 Å². The van der Waals surface area contributed by atoms with Crippen LogP contribution in [0.1, 0.15) is 23.7 Å². The van der Waals surface area contributed by atoms with E-state index in [1.165, 1.54) is 11.8 Å². The van der Waals surface area contributed by atoms with Crippen LogP contribution < -0.4 is 5.32 Å². The number of carbonyl (C=O) groups is 1. The summed E-state index contributed by atoms with van der Waals surface area (Å²) in [7, 11) is 0. The zero-order valence-electron chi connectivity index (χ0n) is 13.8. The summed E-state index contributed by atoms with van der Waals surface area (Å²) in [6.45, 7) is 0. The molecule has 132 valence electrons. The van der Waals surface area contributed by atoms with Crippen LogP contribution in [0.25, 0.3) is 11.5 Å². The molecule has 0 saturated heterocycles. The summed E-state index contributed by atoms with van der Waals surface area (Å²) >= 11 is 7.27. The van der Waals surface area contributed by atoms with Crippen molar-refractivity contribution in [3.8, 4) is 11.5 Å². The number of aromatic nitrogens is 2. The molecule has 1 amide bonds. The van der Waals surface area contributed by atoms with Gasteiger partial charge in [0.25, 0.3) is 5.22 Å². The van der Waals surface area contributed by atoms with E-state index in [9.17, 15) is 4.79 Å². The van der Waals surface area contributed by atoms with Crippen molar-refractivity contribution in [1.82, 2.24) is 15.5 Å². The molecular weight excluding hydrogens is 370 g/mol. The van der Waals surface area contributed by atoms with E-state index in [0.717, 1.165) is 24.0 Å². The van der Waals surface area contributed by atoms with Crippen molar-refractivity contribution in [3.63, 3.8) is 0 Å². The van der Waals surface area contributed by atoms with Gasteiger partial charge >= 0.3 is 0 Å². The number of rotatable bonds is 6. The van der Waals surface area contributed by atoms with Gasteiger partial charge in [0.05, 0.1) is 0 Å². The largest absolute Gasteiger partial charge is 0.411 e. The molecule has 2 aromatic carbocycles. The summed E-state index contributed by atoms with van der Waals surface area (Å²) in [5.74, 6) is 0.343. The zero-order chi connectivity index (χ0) is 17.9. The predicted octanol–water partition coefficient (Wildman–Crippen LogP) is 4.50. The Morgan fingerprint density at radius 3 is 2.69 bits per heavy atom. The van der Waals surface area contributed by atoms with E-state index in [-0.39, 0.29) is 5.91 Å². The summed E-state index contributed by atoms with van der Waals surface area (Å²) in [4.78, 5) is 12.7. The monoisotopic (exact) mass is 385 g/mol. The van der Waals surface area contributed by atoms with Crippen molar-refractivity contribution in [2.45, 2.75) is 29.4 Å². The van der Waals surface area contributed by atoms with Crippen LogP contribution in [0, 0.1) is 0 Å². The fraction of sp³-hybridized carbons (Fsp3) is 0.211. The van der Waals surface area contributed by atoms with Gasteiger partial charge in [-0.05, 0) is 48.4 Å². The normalized spacial score (nSPS) is 14.8. The molecule has 1 saturated carbocycles. The molecular formula is C19H16ClN3O2S. The van der Waals surface area contributed by atoms with Crippen LogP contribution in [0.3, 0.4) is 0 Å². The van der Waals surface area contributed by atoms with E-state index < -0.39 is 5.25 Å². The number of carbonyl (C=O) groups excluding carboxylic acids is 1. The average molecular weight is 386 g/mol. The van der Waals surface area contributed by atoms with E-state index in [1.54, 1.807) is 12.1 Å².